The smallest absolute Gasteiger partial charge is 0.224 e. The molecule has 0 aliphatic carbocycles. The lowest BCUT2D eigenvalue weighted by atomic mass is 10.1. The molecule has 0 amide bonds. The number of aromatic nitrogens is 2. The summed E-state index contributed by atoms with van der Waals surface area (Å²) in [5.74, 6) is 0.348. The highest BCUT2D eigenvalue weighted by Gasteiger charge is 2.11. The molecule has 0 aliphatic heterocycles. The van der Waals surface area contributed by atoms with E-state index in [1.54, 1.807) is 13.0 Å². The summed E-state index contributed by atoms with van der Waals surface area (Å²) in [5, 5.41) is 4.08. The molecule has 90 valence electrons. The summed E-state index contributed by atoms with van der Waals surface area (Å²) in [6.07, 6.45) is 0. The maximum absolute atomic E-state index is 13.5. The van der Waals surface area contributed by atoms with Crippen LogP contribution in [0.3, 0.4) is 0 Å². The van der Waals surface area contributed by atoms with Gasteiger partial charge in [-0.3, -0.25) is 0 Å². The Labute approximate surface area is 104 Å². The first kappa shape index (κ1) is 12.0. The topological polar surface area (TPSA) is 37.8 Å². The van der Waals surface area contributed by atoms with Crippen LogP contribution in [0.2, 0.25) is 5.28 Å². The van der Waals surface area contributed by atoms with Crippen LogP contribution in [0.15, 0.2) is 12.1 Å². The monoisotopic (exact) mass is 253 g/mol. The number of hydrogen-bond acceptors (Lipinski definition) is 3. The molecule has 1 N–H and O–H groups in total. The van der Waals surface area contributed by atoms with Crippen LogP contribution in [-0.2, 0) is 0 Å². The van der Waals surface area contributed by atoms with E-state index in [0.717, 1.165) is 5.39 Å². The Morgan fingerprint density at radius 1 is 1.29 bits per heavy atom. The van der Waals surface area contributed by atoms with Crippen molar-refractivity contribution in [3.05, 3.63) is 28.8 Å². The molecule has 0 spiro atoms. The van der Waals surface area contributed by atoms with Crippen molar-refractivity contribution >= 4 is 28.3 Å². The van der Waals surface area contributed by atoms with Gasteiger partial charge in [0.05, 0.1) is 5.52 Å². The Kier molecular flexibility index (Phi) is 3.15. The summed E-state index contributed by atoms with van der Waals surface area (Å²) < 4.78 is 13.5. The third-order valence-corrected chi connectivity index (χ3v) is 2.62. The summed E-state index contributed by atoms with van der Waals surface area (Å²) >= 11 is 5.85. The molecule has 0 unspecified atom stereocenters. The third-order valence-electron chi connectivity index (χ3n) is 2.45. The first-order valence-corrected chi connectivity index (χ1v) is 5.75. The van der Waals surface area contributed by atoms with Gasteiger partial charge in [0.25, 0.3) is 0 Å². The highest BCUT2D eigenvalue weighted by molar-refractivity contribution is 6.28. The van der Waals surface area contributed by atoms with Crippen molar-refractivity contribution in [1.29, 1.82) is 0 Å². The van der Waals surface area contributed by atoms with Crippen molar-refractivity contribution in [2.45, 2.75) is 26.8 Å². The van der Waals surface area contributed by atoms with Crippen LogP contribution in [0, 0.1) is 12.7 Å². The maximum Gasteiger partial charge on any atom is 0.224 e. The third kappa shape index (κ3) is 2.31. The lowest BCUT2D eigenvalue weighted by Gasteiger charge is -2.12. The van der Waals surface area contributed by atoms with Crippen LogP contribution < -0.4 is 5.32 Å². The van der Waals surface area contributed by atoms with Gasteiger partial charge in [0, 0.05) is 17.0 Å². The Morgan fingerprint density at radius 2 is 2.00 bits per heavy atom. The number of anilines is 1. The van der Waals surface area contributed by atoms with E-state index in [-0.39, 0.29) is 17.1 Å². The van der Waals surface area contributed by atoms with Gasteiger partial charge in [0.2, 0.25) is 5.28 Å². The minimum absolute atomic E-state index is 0.120. The predicted molar refractivity (Wildman–Crippen MR) is 68.0 cm³/mol. The molecule has 0 saturated heterocycles. The molecule has 3 nitrogen and oxygen atoms in total. The van der Waals surface area contributed by atoms with Gasteiger partial charge < -0.3 is 5.32 Å². The highest BCUT2D eigenvalue weighted by Crippen LogP contribution is 2.26. The van der Waals surface area contributed by atoms with Crippen LogP contribution >= 0.6 is 11.6 Å². The summed E-state index contributed by atoms with van der Waals surface area (Å²) in [5.41, 5.74) is 1.03. The predicted octanol–water partition coefficient (Wildman–Crippen LogP) is 3.55. The molecule has 1 aromatic heterocycles. The van der Waals surface area contributed by atoms with Gasteiger partial charge in [-0.15, -0.1) is 0 Å². The first-order chi connectivity index (χ1) is 7.99. The second-order valence-corrected chi connectivity index (χ2v) is 4.55. The van der Waals surface area contributed by atoms with Crippen LogP contribution in [0.1, 0.15) is 19.4 Å². The normalized spacial score (nSPS) is 11.2. The fraction of sp³-hybridized carbons (Fsp3) is 0.333. The molecule has 1 heterocycles. The number of aryl methyl sites for hydroxylation is 1. The molecule has 0 saturated carbocycles. The summed E-state index contributed by atoms with van der Waals surface area (Å²) in [6.45, 7) is 5.68. The molecule has 2 rings (SSSR count). The van der Waals surface area contributed by atoms with Crippen LogP contribution in [-0.4, -0.2) is 16.0 Å². The average molecular weight is 254 g/mol. The van der Waals surface area contributed by atoms with Crippen LogP contribution in [0.4, 0.5) is 10.2 Å². The quantitative estimate of drug-likeness (QED) is 0.832. The number of nitrogens with zero attached hydrogens (tertiary/aromatic N) is 2. The number of nitrogens with one attached hydrogen (secondary N) is 1. The minimum Gasteiger partial charge on any atom is -0.367 e. The summed E-state index contributed by atoms with van der Waals surface area (Å²) in [6, 6.07) is 3.30. The first-order valence-electron chi connectivity index (χ1n) is 5.38. The van der Waals surface area contributed by atoms with Gasteiger partial charge in [0.1, 0.15) is 11.6 Å². The van der Waals surface area contributed by atoms with E-state index in [1.165, 1.54) is 6.07 Å². The number of halogens is 2. The van der Waals surface area contributed by atoms with Crippen molar-refractivity contribution < 1.29 is 4.39 Å². The number of fused-ring (bicyclic) bond motifs is 1. The van der Waals surface area contributed by atoms with Crippen molar-refractivity contribution in [3.8, 4) is 0 Å². The zero-order valence-corrected chi connectivity index (χ0v) is 10.6. The van der Waals surface area contributed by atoms with Gasteiger partial charge in [-0.2, -0.15) is 0 Å². The lowest BCUT2D eigenvalue weighted by molar-refractivity contribution is 0.620. The zero-order chi connectivity index (χ0) is 12.6. The Hall–Kier alpha value is -1.42. The van der Waals surface area contributed by atoms with Gasteiger partial charge in [0.15, 0.2) is 0 Å². The van der Waals surface area contributed by atoms with Gasteiger partial charge in [-0.25, -0.2) is 14.4 Å². The summed E-state index contributed by atoms with van der Waals surface area (Å²) in [7, 11) is 0. The molecule has 2 aromatic rings. The Morgan fingerprint density at radius 3 is 2.65 bits per heavy atom. The largest absolute Gasteiger partial charge is 0.367 e. The molecule has 0 atom stereocenters. The Bertz CT molecular complexity index is 569. The molecule has 0 bridgehead atoms. The van der Waals surface area contributed by atoms with E-state index in [0.29, 0.717) is 16.9 Å². The summed E-state index contributed by atoms with van der Waals surface area (Å²) in [4.78, 5) is 8.21. The fourth-order valence-electron chi connectivity index (χ4n) is 1.66. The molecule has 0 radical (unpaired) electrons. The number of rotatable bonds is 2. The molecular weight excluding hydrogens is 241 g/mol. The second kappa shape index (κ2) is 4.45. The molecule has 1 aromatic carbocycles. The second-order valence-electron chi connectivity index (χ2n) is 4.21. The standard InChI is InChI=1S/C12H13ClFN3/c1-6(2)15-11-8-4-5-9(14)7(3)10(8)16-12(13)17-11/h4-6H,1-3H3,(H,15,16,17). The highest BCUT2D eigenvalue weighted by atomic mass is 35.5. The van der Waals surface area contributed by atoms with E-state index in [2.05, 4.69) is 15.3 Å². The van der Waals surface area contributed by atoms with Gasteiger partial charge in [-0.05, 0) is 44.5 Å². The molecular formula is C12H13ClFN3. The maximum atomic E-state index is 13.5. The number of benzene rings is 1. The average Bonchev–Trinajstić information content (AvgIpc) is 2.23. The SMILES string of the molecule is Cc1c(F)ccc2c(NC(C)C)nc(Cl)nc12. The lowest BCUT2D eigenvalue weighted by Crippen LogP contribution is -2.12. The van der Waals surface area contributed by atoms with E-state index < -0.39 is 0 Å². The van der Waals surface area contributed by atoms with Gasteiger partial charge in [-0.1, -0.05) is 0 Å². The zero-order valence-electron chi connectivity index (χ0n) is 9.88. The van der Waals surface area contributed by atoms with Crippen molar-refractivity contribution in [2.24, 2.45) is 0 Å². The minimum atomic E-state index is -0.289. The van der Waals surface area contributed by atoms with Crippen LogP contribution in [0.5, 0.6) is 0 Å². The van der Waals surface area contributed by atoms with Crippen molar-refractivity contribution in [1.82, 2.24) is 9.97 Å². The van der Waals surface area contributed by atoms with E-state index >= 15 is 0 Å². The molecule has 0 aliphatic rings. The van der Waals surface area contributed by atoms with Gasteiger partial charge >= 0.3 is 0 Å². The fourth-order valence-corrected chi connectivity index (χ4v) is 1.83. The van der Waals surface area contributed by atoms with Crippen LogP contribution in [0.25, 0.3) is 10.9 Å². The van der Waals surface area contributed by atoms with E-state index in [4.69, 9.17) is 11.6 Å². The number of hydrogen-bond donors (Lipinski definition) is 1. The molecule has 5 heteroatoms. The molecule has 0 fully saturated rings. The molecule has 17 heavy (non-hydrogen) atoms. The van der Waals surface area contributed by atoms with Crippen molar-refractivity contribution in [3.63, 3.8) is 0 Å². The Balaban J connectivity index is 2.72. The van der Waals surface area contributed by atoms with E-state index in [1.807, 2.05) is 13.8 Å². The van der Waals surface area contributed by atoms with Crippen molar-refractivity contribution in [2.75, 3.05) is 5.32 Å². The van der Waals surface area contributed by atoms with E-state index in [9.17, 15) is 4.39 Å².